The van der Waals surface area contributed by atoms with E-state index < -0.39 is 0 Å². The highest BCUT2D eigenvalue weighted by Gasteiger charge is 2.22. The topological polar surface area (TPSA) is 88.7 Å². The molecule has 1 heterocycles. The number of guanidine groups is 1. The zero-order chi connectivity index (χ0) is 12.1. The molecule has 1 amide bonds. The molecule has 1 saturated carbocycles. The van der Waals surface area contributed by atoms with Crippen molar-refractivity contribution < 1.29 is 9.53 Å². The summed E-state index contributed by atoms with van der Waals surface area (Å²) in [4.78, 5) is 15.3. The van der Waals surface area contributed by atoms with Crippen molar-refractivity contribution >= 4 is 11.9 Å². The third kappa shape index (κ3) is 4.60. The number of hydrogen-bond acceptors (Lipinski definition) is 3. The van der Waals surface area contributed by atoms with Crippen molar-refractivity contribution in [3.05, 3.63) is 0 Å². The van der Waals surface area contributed by atoms with Crippen LogP contribution in [0.1, 0.15) is 25.7 Å². The third-order valence-electron chi connectivity index (χ3n) is 2.87. The van der Waals surface area contributed by atoms with E-state index in [-0.39, 0.29) is 18.6 Å². The highest BCUT2D eigenvalue weighted by atomic mass is 16.5. The third-order valence-corrected chi connectivity index (χ3v) is 2.87. The van der Waals surface area contributed by atoms with E-state index in [1.807, 2.05) is 0 Å². The monoisotopic (exact) mass is 240 g/mol. The quantitative estimate of drug-likeness (QED) is 0.440. The molecule has 2 fully saturated rings. The molecule has 0 spiro atoms. The first-order valence-electron chi connectivity index (χ1n) is 6.19. The maximum atomic E-state index is 11.3. The highest BCUT2D eigenvalue weighted by Crippen LogP contribution is 2.18. The molecule has 0 bridgehead atoms. The van der Waals surface area contributed by atoms with Crippen LogP contribution in [0.2, 0.25) is 0 Å². The summed E-state index contributed by atoms with van der Waals surface area (Å²) in [5, 5.41) is 5.82. The standard InChI is InChI=1S/C11H20N4O2/c12-11(13-6-9-2-1-5-17-9)14-7-10(16)15-8-3-4-8/h8-9H,1-7H2,(H,15,16)(H3,12,13,14). The van der Waals surface area contributed by atoms with Crippen LogP contribution in [0.3, 0.4) is 0 Å². The fraction of sp³-hybridized carbons (Fsp3) is 0.818. The molecule has 1 unspecified atom stereocenters. The first-order valence-corrected chi connectivity index (χ1v) is 6.19. The minimum atomic E-state index is -0.0608. The van der Waals surface area contributed by atoms with Gasteiger partial charge in [0.1, 0.15) is 6.54 Å². The molecule has 1 saturated heterocycles. The summed E-state index contributed by atoms with van der Waals surface area (Å²) in [7, 11) is 0. The van der Waals surface area contributed by atoms with Gasteiger partial charge in [0.05, 0.1) is 6.10 Å². The Labute approximate surface area is 101 Å². The van der Waals surface area contributed by atoms with E-state index in [4.69, 9.17) is 10.5 Å². The molecule has 96 valence electrons. The van der Waals surface area contributed by atoms with Crippen LogP contribution in [-0.2, 0) is 9.53 Å². The number of aliphatic imine (C=N–C) groups is 1. The predicted octanol–water partition coefficient (Wildman–Crippen LogP) is -0.652. The predicted molar refractivity (Wildman–Crippen MR) is 64.6 cm³/mol. The number of amides is 1. The van der Waals surface area contributed by atoms with Gasteiger partial charge in [-0.25, -0.2) is 4.99 Å². The summed E-state index contributed by atoms with van der Waals surface area (Å²) in [6.45, 7) is 1.59. The highest BCUT2D eigenvalue weighted by molar-refractivity contribution is 5.84. The van der Waals surface area contributed by atoms with Gasteiger partial charge in [0.2, 0.25) is 5.91 Å². The SMILES string of the molecule is NC(=NCC(=O)NC1CC1)NCC1CCCO1. The maximum Gasteiger partial charge on any atom is 0.242 e. The van der Waals surface area contributed by atoms with E-state index in [0.717, 1.165) is 32.3 Å². The van der Waals surface area contributed by atoms with Crippen LogP contribution in [0.25, 0.3) is 0 Å². The van der Waals surface area contributed by atoms with Gasteiger partial charge >= 0.3 is 0 Å². The Hall–Kier alpha value is -1.30. The Bertz CT molecular complexity index is 296. The number of carbonyl (C=O) groups excluding carboxylic acids is 1. The molecule has 2 aliphatic rings. The van der Waals surface area contributed by atoms with Gasteiger partial charge in [-0.05, 0) is 25.7 Å². The van der Waals surface area contributed by atoms with Gasteiger partial charge in [-0.3, -0.25) is 4.79 Å². The normalized spacial score (nSPS) is 24.7. The van der Waals surface area contributed by atoms with Crippen molar-refractivity contribution in [2.24, 2.45) is 10.7 Å². The average Bonchev–Trinajstić information content (AvgIpc) is 2.96. The Morgan fingerprint density at radius 1 is 1.41 bits per heavy atom. The smallest absolute Gasteiger partial charge is 0.242 e. The molecule has 0 aromatic rings. The molecule has 0 aromatic heterocycles. The van der Waals surface area contributed by atoms with Crippen molar-refractivity contribution in [3.63, 3.8) is 0 Å². The van der Waals surface area contributed by atoms with E-state index in [9.17, 15) is 4.79 Å². The van der Waals surface area contributed by atoms with Crippen LogP contribution in [0.5, 0.6) is 0 Å². The first kappa shape index (κ1) is 12.2. The Morgan fingerprint density at radius 3 is 2.88 bits per heavy atom. The van der Waals surface area contributed by atoms with Gasteiger partial charge in [-0.1, -0.05) is 0 Å². The van der Waals surface area contributed by atoms with E-state index in [1.54, 1.807) is 0 Å². The molecule has 6 heteroatoms. The van der Waals surface area contributed by atoms with E-state index in [0.29, 0.717) is 18.5 Å². The second-order valence-electron chi connectivity index (χ2n) is 4.56. The van der Waals surface area contributed by atoms with Gasteiger partial charge in [-0.15, -0.1) is 0 Å². The number of nitrogens with one attached hydrogen (secondary N) is 2. The van der Waals surface area contributed by atoms with Crippen LogP contribution >= 0.6 is 0 Å². The lowest BCUT2D eigenvalue weighted by Gasteiger charge is -2.10. The molecule has 2 rings (SSSR count). The molecule has 6 nitrogen and oxygen atoms in total. The van der Waals surface area contributed by atoms with Crippen LogP contribution in [0.4, 0.5) is 0 Å². The van der Waals surface area contributed by atoms with Crippen molar-refractivity contribution in [1.82, 2.24) is 10.6 Å². The summed E-state index contributed by atoms with van der Waals surface area (Å²) in [6, 6.07) is 0.374. The second-order valence-corrected chi connectivity index (χ2v) is 4.56. The van der Waals surface area contributed by atoms with E-state index in [1.165, 1.54) is 0 Å². The minimum Gasteiger partial charge on any atom is -0.376 e. The zero-order valence-corrected chi connectivity index (χ0v) is 9.95. The maximum absolute atomic E-state index is 11.3. The molecule has 1 aliphatic carbocycles. The molecule has 0 aromatic carbocycles. The summed E-state index contributed by atoms with van der Waals surface area (Å²) in [5.41, 5.74) is 5.65. The molecule has 1 aliphatic heterocycles. The van der Waals surface area contributed by atoms with Crippen molar-refractivity contribution in [2.45, 2.75) is 37.8 Å². The number of ether oxygens (including phenoxy) is 1. The summed E-state index contributed by atoms with van der Waals surface area (Å²) in [5.74, 6) is 0.251. The van der Waals surface area contributed by atoms with E-state index >= 15 is 0 Å². The molecular formula is C11H20N4O2. The fourth-order valence-corrected chi connectivity index (χ4v) is 1.74. The van der Waals surface area contributed by atoms with Gasteiger partial charge in [-0.2, -0.15) is 0 Å². The summed E-state index contributed by atoms with van der Waals surface area (Å²) >= 11 is 0. The van der Waals surface area contributed by atoms with Gasteiger partial charge in [0, 0.05) is 19.2 Å². The van der Waals surface area contributed by atoms with Gasteiger partial charge in [0.15, 0.2) is 5.96 Å². The van der Waals surface area contributed by atoms with Crippen molar-refractivity contribution in [3.8, 4) is 0 Å². The molecule has 17 heavy (non-hydrogen) atoms. The lowest BCUT2D eigenvalue weighted by atomic mass is 10.2. The van der Waals surface area contributed by atoms with Crippen molar-refractivity contribution in [1.29, 1.82) is 0 Å². The average molecular weight is 240 g/mol. The molecule has 1 atom stereocenters. The Morgan fingerprint density at radius 2 is 2.24 bits per heavy atom. The number of nitrogens with two attached hydrogens (primary N) is 1. The largest absolute Gasteiger partial charge is 0.376 e. The number of carbonyl (C=O) groups is 1. The molecule has 0 radical (unpaired) electrons. The zero-order valence-electron chi connectivity index (χ0n) is 9.95. The van der Waals surface area contributed by atoms with Crippen molar-refractivity contribution in [2.75, 3.05) is 19.7 Å². The van der Waals surface area contributed by atoms with Gasteiger partial charge < -0.3 is 21.1 Å². The second kappa shape index (κ2) is 5.86. The molecule has 4 N–H and O–H groups in total. The first-order chi connectivity index (χ1) is 8.24. The fourth-order valence-electron chi connectivity index (χ4n) is 1.74. The lowest BCUT2D eigenvalue weighted by Crippen LogP contribution is -2.38. The summed E-state index contributed by atoms with van der Waals surface area (Å²) < 4.78 is 5.44. The number of hydrogen-bond donors (Lipinski definition) is 3. The Kier molecular flexibility index (Phi) is 4.19. The van der Waals surface area contributed by atoms with Crippen LogP contribution in [-0.4, -0.2) is 43.7 Å². The number of nitrogens with zero attached hydrogens (tertiary/aromatic N) is 1. The van der Waals surface area contributed by atoms with Crippen LogP contribution in [0.15, 0.2) is 4.99 Å². The van der Waals surface area contributed by atoms with E-state index in [2.05, 4.69) is 15.6 Å². The summed E-state index contributed by atoms with van der Waals surface area (Å²) in [6.07, 6.45) is 4.56. The van der Waals surface area contributed by atoms with Crippen LogP contribution < -0.4 is 16.4 Å². The lowest BCUT2D eigenvalue weighted by molar-refractivity contribution is -0.119. The number of rotatable bonds is 5. The van der Waals surface area contributed by atoms with Gasteiger partial charge in [0.25, 0.3) is 0 Å². The minimum absolute atomic E-state index is 0.0608. The molecular weight excluding hydrogens is 220 g/mol. The van der Waals surface area contributed by atoms with Crippen LogP contribution in [0, 0.1) is 0 Å². The Balaban J connectivity index is 1.59.